The van der Waals surface area contributed by atoms with Crippen molar-refractivity contribution >= 4 is 16.9 Å². The van der Waals surface area contributed by atoms with Crippen molar-refractivity contribution in [1.29, 1.82) is 0 Å². The lowest BCUT2D eigenvalue weighted by molar-refractivity contribution is -0.312. The lowest BCUT2D eigenvalue weighted by atomic mass is 10.1. The number of carbonyl (C=O) groups excluding carboxylic acids is 1. The topological polar surface area (TPSA) is 79.6 Å². The molecule has 0 fully saturated rings. The third-order valence-corrected chi connectivity index (χ3v) is 3.68. The maximum Gasteiger partial charge on any atom is 0.193 e. The van der Waals surface area contributed by atoms with Crippen molar-refractivity contribution in [2.75, 3.05) is 0 Å². The fraction of sp³-hybridized carbons (Fsp3) is 0.158. The van der Waals surface area contributed by atoms with Gasteiger partial charge in [0.25, 0.3) is 0 Å². The van der Waals surface area contributed by atoms with E-state index in [4.69, 9.17) is 9.15 Å². The molecule has 0 bridgehead atoms. The van der Waals surface area contributed by atoms with Gasteiger partial charge in [-0.2, -0.15) is 0 Å². The van der Waals surface area contributed by atoms with Gasteiger partial charge in [0.2, 0.25) is 0 Å². The monoisotopic (exact) mass is 323 g/mol. The average Bonchev–Trinajstić information content (AvgIpc) is 2.55. The first-order chi connectivity index (χ1) is 11.4. The Balaban J connectivity index is 2.02. The predicted octanol–water partition coefficient (Wildman–Crippen LogP) is 2.29. The van der Waals surface area contributed by atoms with Crippen LogP contribution in [0.3, 0.4) is 0 Å². The van der Waals surface area contributed by atoms with E-state index in [0.717, 1.165) is 11.1 Å². The van der Waals surface area contributed by atoms with Gasteiger partial charge in [0.05, 0.1) is 11.4 Å². The molecule has 1 aromatic heterocycles. The summed E-state index contributed by atoms with van der Waals surface area (Å²) in [5, 5.41) is 11.1. The van der Waals surface area contributed by atoms with Crippen molar-refractivity contribution in [3.63, 3.8) is 0 Å². The molecular formula is C19H15O5-. The van der Waals surface area contributed by atoms with Crippen LogP contribution < -0.4 is 15.3 Å². The summed E-state index contributed by atoms with van der Waals surface area (Å²) >= 11 is 0. The molecule has 0 aliphatic carbocycles. The number of hydrogen-bond donors (Lipinski definition) is 0. The molecule has 0 saturated heterocycles. The Kier molecular flexibility index (Phi) is 4.08. The molecule has 1 atom stereocenters. The summed E-state index contributed by atoms with van der Waals surface area (Å²) in [6, 6.07) is 13.7. The van der Waals surface area contributed by atoms with Gasteiger partial charge >= 0.3 is 0 Å². The van der Waals surface area contributed by atoms with Gasteiger partial charge in [0.1, 0.15) is 23.2 Å². The van der Waals surface area contributed by atoms with Crippen LogP contribution in [0.2, 0.25) is 0 Å². The number of aliphatic carboxylic acids is 1. The lowest BCUT2D eigenvalue weighted by Crippen LogP contribution is -2.37. The summed E-state index contributed by atoms with van der Waals surface area (Å²) in [5.74, 6) is -0.573. The second kappa shape index (κ2) is 6.20. The number of carbonyl (C=O) groups is 1. The number of ether oxygens (including phenoxy) is 1. The van der Waals surface area contributed by atoms with E-state index in [2.05, 4.69) is 0 Å². The van der Waals surface area contributed by atoms with Crippen LogP contribution in [0.15, 0.2) is 57.7 Å². The molecule has 0 radical (unpaired) electrons. The Hall–Kier alpha value is -3.08. The van der Waals surface area contributed by atoms with Crippen molar-refractivity contribution in [3.8, 4) is 17.1 Å². The predicted molar refractivity (Wildman–Crippen MR) is 87.8 cm³/mol. The minimum absolute atomic E-state index is 0.224. The van der Waals surface area contributed by atoms with Crippen molar-refractivity contribution in [1.82, 2.24) is 0 Å². The van der Waals surface area contributed by atoms with Crippen LogP contribution in [0.4, 0.5) is 0 Å². The van der Waals surface area contributed by atoms with Crippen LogP contribution in [0, 0.1) is 6.92 Å². The maximum atomic E-state index is 12.4. The molecule has 3 rings (SSSR count). The highest BCUT2D eigenvalue weighted by molar-refractivity contribution is 5.80. The molecule has 3 aromatic rings. The zero-order valence-electron chi connectivity index (χ0n) is 13.2. The molecule has 0 saturated carbocycles. The van der Waals surface area contributed by atoms with E-state index in [1.807, 2.05) is 31.2 Å². The van der Waals surface area contributed by atoms with Crippen LogP contribution in [0.25, 0.3) is 22.3 Å². The lowest BCUT2D eigenvalue weighted by Gasteiger charge is -2.15. The highest BCUT2D eigenvalue weighted by Gasteiger charge is 2.10. The Morgan fingerprint density at radius 1 is 1.12 bits per heavy atom. The smallest absolute Gasteiger partial charge is 0.193 e. The van der Waals surface area contributed by atoms with Crippen LogP contribution in [0.5, 0.6) is 5.75 Å². The largest absolute Gasteiger partial charge is 0.546 e. The summed E-state index contributed by atoms with van der Waals surface area (Å²) in [5.41, 5.74) is 2.11. The Labute approximate surface area is 138 Å². The Morgan fingerprint density at radius 3 is 2.50 bits per heavy atom. The van der Waals surface area contributed by atoms with Crippen LogP contribution in [-0.2, 0) is 4.79 Å². The number of benzene rings is 2. The standard InChI is InChI=1S/C19H16O5/c1-11-3-5-13(6-4-11)18-10-16(20)15-9-14(7-8-17(15)24-18)23-12(2)19(21)22/h3-10,12H,1-2H3,(H,21,22)/p-1/t12-/m0/s1. The van der Waals surface area contributed by atoms with Crippen molar-refractivity contribution in [2.45, 2.75) is 20.0 Å². The second-order valence-corrected chi connectivity index (χ2v) is 5.58. The number of hydrogen-bond acceptors (Lipinski definition) is 5. The van der Waals surface area contributed by atoms with Gasteiger partial charge in [-0.1, -0.05) is 29.8 Å². The van der Waals surface area contributed by atoms with E-state index in [-0.39, 0.29) is 11.2 Å². The molecule has 5 nitrogen and oxygen atoms in total. The van der Waals surface area contributed by atoms with E-state index >= 15 is 0 Å². The van der Waals surface area contributed by atoms with Crippen molar-refractivity contribution in [2.24, 2.45) is 0 Å². The zero-order chi connectivity index (χ0) is 17.3. The first-order valence-electron chi connectivity index (χ1n) is 7.46. The summed E-state index contributed by atoms with van der Waals surface area (Å²) < 4.78 is 11.0. The van der Waals surface area contributed by atoms with Gasteiger partial charge in [-0.3, -0.25) is 4.79 Å². The van der Waals surface area contributed by atoms with Gasteiger partial charge in [-0.25, -0.2) is 0 Å². The van der Waals surface area contributed by atoms with Gasteiger partial charge in [0, 0.05) is 11.6 Å². The van der Waals surface area contributed by atoms with Gasteiger partial charge in [0.15, 0.2) is 5.43 Å². The first-order valence-corrected chi connectivity index (χ1v) is 7.46. The van der Waals surface area contributed by atoms with E-state index in [1.165, 1.54) is 19.1 Å². The minimum atomic E-state index is -1.32. The first kappa shape index (κ1) is 15.8. The van der Waals surface area contributed by atoms with Crippen LogP contribution in [0.1, 0.15) is 12.5 Å². The Bertz CT molecular complexity index is 954. The molecule has 0 spiro atoms. The number of carboxylic acids is 1. The molecule has 0 unspecified atom stereocenters. The van der Waals surface area contributed by atoms with E-state index in [9.17, 15) is 14.7 Å². The fourth-order valence-corrected chi connectivity index (χ4v) is 2.32. The van der Waals surface area contributed by atoms with Crippen LogP contribution in [-0.4, -0.2) is 12.1 Å². The average molecular weight is 323 g/mol. The molecule has 0 aliphatic rings. The summed E-state index contributed by atoms with van der Waals surface area (Å²) in [4.78, 5) is 23.1. The van der Waals surface area contributed by atoms with Gasteiger partial charge < -0.3 is 19.1 Å². The van der Waals surface area contributed by atoms with Gasteiger partial charge in [-0.05, 0) is 32.0 Å². The maximum absolute atomic E-state index is 12.4. The number of carboxylic acid groups (broad SMARTS) is 1. The highest BCUT2D eigenvalue weighted by Crippen LogP contribution is 2.25. The quantitative estimate of drug-likeness (QED) is 0.736. The summed E-state index contributed by atoms with van der Waals surface area (Å²) in [7, 11) is 0. The molecule has 0 aliphatic heterocycles. The summed E-state index contributed by atoms with van der Waals surface area (Å²) in [6.45, 7) is 3.35. The molecule has 1 heterocycles. The molecule has 5 heteroatoms. The molecular weight excluding hydrogens is 308 g/mol. The molecule has 2 aromatic carbocycles. The SMILES string of the molecule is Cc1ccc(-c2cc(=O)c3cc(O[C@@H](C)C(=O)[O-])ccc3o2)cc1. The van der Waals surface area contributed by atoms with Crippen LogP contribution >= 0.6 is 0 Å². The van der Waals surface area contributed by atoms with E-state index in [1.54, 1.807) is 12.1 Å². The number of rotatable bonds is 4. The molecule has 122 valence electrons. The Morgan fingerprint density at radius 2 is 1.83 bits per heavy atom. The van der Waals surface area contributed by atoms with E-state index in [0.29, 0.717) is 16.7 Å². The van der Waals surface area contributed by atoms with Crippen molar-refractivity contribution in [3.05, 3.63) is 64.3 Å². The molecule has 0 N–H and O–H groups in total. The molecule has 0 amide bonds. The second-order valence-electron chi connectivity index (χ2n) is 5.58. The molecule has 24 heavy (non-hydrogen) atoms. The number of aryl methyl sites for hydroxylation is 1. The zero-order valence-corrected chi connectivity index (χ0v) is 13.2. The highest BCUT2D eigenvalue weighted by atomic mass is 16.5. The number of fused-ring (bicyclic) bond motifs is 1. The van der Waals surface area contributed by atoms with Crippen molar-refractivity contribution < 1.29 is 19.1 Å². The van der Waals surface area contributed by atoms with Gasteiger partial charge in [-0.15, -0.1) is 0 Å². The normalized spacial score (nSPS) is 12.1. The minimum Gasteiger partial charge on any atom is -0.546 e. The van der Waals surface area contributed by atoms with E-state index < -0.39 is 12.1 Å². The third kappa shape index (κ3) is 3.15. The summed E-state index contributed by atoms with van der Waals surface area (Å²) in [6.07, 6.45) is -1.11. The third-order valence-electron chi connectivity index (χ3n) is 3.68. The fourth-order valence-electron chi connectivity index (χ4n) is 2.32.